The second-order valence-electron chi connectivity index (χ2n) is 5.39. The monoisotopic (exact) mass is 284 g/mol. The van der Waals surface area contributed by atoms with Gasteiger partial charge in [0, 0.05) is 18.3 Å². The number of benzene rings is 1. The van der Waals surface area contributed by atoms with Gasteiger partial charge in [-0.2, -0.15) is 0 Å². The molecule has 0 aliphatic heterocycles. The van der Waals surface area contributed by atoms with Crippen LogP contribution in [0.15, 0.2) is 24.3 Å². The molecule has 1 aromatic heterocycles. The summed E-state index contributed by atoms with van der Waals surface area (Å²) in [6, 6.07) is 8.28. The Labute approximate surface area is 127 Å². The minimum Gasteiger partial charge on any atom is -0.370 e. The lowest BCUT2D eigenvalue weighted by Gasteiger charge is -2.11. The van der Waals surface area contributed by atoms with Gasteiger partial charge < -0.3 is 10.6 Å². The summed E-state index contributed by atoms with van der Waals surface area (Å²) in [5.41, 5.74) is 3.61. The first-order valence-electron chi connectivity index (χ1n) is 7.52. The Morgan fingerprint density at radius 3 is 2.43 bits per heavy atom. The number of aryl methyl sites for hydroxylation is 3. The highest BCUT2D eigenvalue weighted by molar-refractivity contribution is 5.60. The SMILES string of the molecule is CCCCNc1cc(Nc2ccc(C)c(C)c2)nc(C)n1. The predicted octanol–water partition coefficient (Wildman–Crippen LogP) is 4.36. The summed E-state index contributed by atoms with van der Waals surface area (Å²) in [4.78, 5) is 8.86. The minimum atomic E-state index is 0.767. The van der Waals surface area contributed by atoms with Crippen molar-refractivity contribution in [1.82, 2.24) is 9.97 Å². The van der Waals surface area contributed by atoms with Gasteiger partial charge in [0.1, 0.15) is 17.5 Å². The number of nitrogens with zero attached hydrogens (tertiary/aromatic N) is 2. The van der Waals surface area contributed by atoms with Crippen LogP contribution < -0.4 is 10.6 Å². The van der Waals surface area contributed by atoms with E-state index in [-0.39, 0.29) is 0 Å². The van der Waals surface area contributed by atoms with E-state index in [9.17, 15) is 0 Å². The fourth-order valence-corrected chi connectivity index (χ4v) is 2.08. The van der Waals surface area contributed by atoms with Gasteiger partial charge in [-0.15, -0.1) is 0 Å². The van der Waals surface area contributed by atoms with Crippen LogP contribution in [0, 0.1) is 20.8 Å². The fourth-order valence-electron chi connectivity index (χ4n) is 2.08. The van der Waals surface area contributed by atoms with Gasteiger partial charge in [0.15, 0.2) is 0 Å². The largest absolute Gasteiger partial charge is 0.370 e. The van der Waals surface area contributed by atoms with Gasteiger partial charge in [-0.3, -0.25) is 0 Å². The van der Waals surface area contributed by atoms with E-state index in [1.54, 1.807) is 0 Å². The van der Waals surface area contributed by atoms with Crippen molar-refractivity contribution in [3.63, 3.8) is 0 Å². The quantitative estimate of drug-likeness (QED) is 0.774. The Kier molecular flexibility index (Phi) is 5.14. The van der Waals surface area contributed by atoms with Gasteiger partial charge in [0.05, 0.1) is 0 Å². The molecule has 0 amide bonds. The van der Waals surface area contributed by atoms with E-state index in [0.29, 0.717) is 0 Å². The van der Waals surface area contributed by atoms with Gasteiger partial charge in [-0.1, -0.05) is 19.4 Å². The molecule has 1 heterocycles. The van der Waals surface area contributed by atoms with Crippen LogP contribution >= 0.6 is 0 Å². The highest BCUT2D eigenvalue weighted by atomic mass is 15.1. The zero-order chi connectivity index (χ0) is 15.2. The van der Waals surface area contributed by atoms with Crippen molar-refractivity contribution in [3.8, 4) is 0 Å². The third kappa shape index (κ3) is 4.45. The molecule has 0 saturated heterocycles. The summed E-state index contributed by atoms with van der Waals surface area (Å²) in [5.74, 6) is 2.47. The summed E-state index contributed by atoms with van der Waals surface area (Å²) < 4.78 is 0. The Hall–Kier alpha value is -2.10. The van der Waals surface area contributed by atoms with E-state index in [1.165, 1.54) is 17.5 Å². The van der Waals surface area contributed by atoms with Gasteiger partial charge in [0.2, 0.25) is 0 Å². The molecule has 4 nitrogen and oxygen atoms in total. The Balaban J connectivity index is 2.13. The topological polar surface area (TPSA) is 49.8 Å². The Bertz CT molecular complexity index is 608. The molecule has 2 aromatic rings. The number of hydrogen-bond donors (Lipinski definition) is 2. The van der Waals surface area contributed by atoms with Crippen LogP contribution in [0.3, 0.4) is 0 Å². The number of hydrogen-bond acceptors (Lipinski definition) is 4. The highest BCUT2D eigenvalue weighted by Crippen LogP contribution is 2.20. The molecule has 0 bridgehead atoms. The molecule has 0 saturated carbocycles. The smallest absolute Gasteiger partial charge is 0.136 e. The van der Waals surface area contributed by atoms with Crippen LogP contribution in [0.5, 0.6) is 0 Å². The van der Waals surface area contributed by atoms with Gasteiger partial charge in [0.25, 0.3) is 0 Å². The van der Waals surface area contributed by atoms with Gasteiger partial charge in [-0.05, 0) is 50.5 Å². The van der Waals surface area contributed by atoms with Gasteiger partial charge in [-0.25, -0.2) is 9.97 Å². The molecule has 2 rings (SSSR count). The number of anilines is 3. The molecular formula is C17H24N4. The summed E-state index contributed by atoms with van der Waals surface area (Å²) in [6.45, 7) is 9.26. The standard InChI is InChI=1S/C17H24N4/c1-5-6-9-18-16-11-17(20-14(4)19-16)21-15-8-7-12(2)13(3)10-15/h7-8,10-11H,5-6,9H2,1-4H3,(H2,18,19,20,21). The van der Waals surface area contributed by atoms with E-state index < -0.39 is 0 Å². The number of aromatic nitrogens is 2. The average molecular weight is 284 g/mol. The maximum Gasteiger partial charge on any atom is 0.136 e. The lowest BCUT2D eigenvalue weighted by Crippen LogP contribution is -2.06. The second-order valence-corrected chi connectivity index (χ2v) is 5.39. The van der Waals surface area contributed by atoms with Crippen LogP contribution in [-0.4, -0.2) is 16.5 Å². The first kappa shape index (κ1) is 15.3. The van der Waals surface area contributed by atoms with Crippen molar-refractivity contribution < 1.29 is 0 Å². The summed E-state index contributed by atoms with van der Waals surface area (Å²) >= 11 is 0. The molecule has 0 fully saturated rings. The van der Waals surface area contributed by atoms with Crippen molar-refractivity contribution in [2.45, 2.75) is 40.5 Å². The zero-order valence-corrected chi connectivity index (χ0v) is 13.3. The number of rotatable bonds is 6. The number of unbranched alkanes of at least 4 members (excludes halogenated alkanes) is 1. The molecule has 112 valence electrons. The zero-order valence-electron chi connectivity index (χ0n) is 13.3. The van der Waals surface area contributed by atoms with Crippen LogP contribution in [0.25, 0.3) is 0 Å². The molecule has 0 radical (unpaired) electrons. The van der Waals surface area contributed by atoms with Crippen molar-refractivity contribution in [3.05, 3.63) is 41.2 Å². The van der Waals surface area contributed by atoms with Crippen molar-refractivity contribution in [2.75, 3.05) is 17.2 Å². The highest BCUT2D eigenvalue weighted by Gasteiger charge is 2.03. The summed E-state index contributed by atoms with van der Waals surface area (Å²) in [6.07, 6.45) is 2.31. The molecule has 2 N–H and O–H groups in total. The molecule has 0 unspecified atom stereocenters. The molecule has 0 aliphatic rings. The van der Waals surface area contributed by atoms with Crippen LogP contribution in [0.1, 0.15) is 36.7 Å². The van der Waals surface area contributed by atoms with E-state index in [0.717, 1.165) is 36.1 Å². The lowest BCUT2D eigenvalue weighted by atomic mass is 10.1. The maximum atomic E-state index is 4.45. The van der Waals surface area contributed by atoms with Crippen molar-refractivity contribution in [1.29, 1.82) is 0 Å². The molecule has 0 spiro atoms. The number of nitrogens with one attached hydrogen (secondary N) is 2. The maximum absolute atomic E-state index is 4.45. The molecular weight excluding hydrogens is 260 g/mol. The predicted molar refractivity (Wildman–Crippen MR) is 89.4 cm³/mol. The second kappa shape index (κ2) is 7.07. The van der Waals surface area contributed by atoms with E-state index >= 15 is 0 Å². The van der Waals surface area contributed by atoms with Crippen LogP contribution in [-0.2, 0) is 0 Å². The van der Waals surface area contributed by atoms with E-state index in [4.69, 9.17) is 0 Å². The molecule has 21 heavy (non-hydrogen) atoms. The first-order valence-corrected chi connectivity index (χ1v) is 7.52. The van der Waals surface area contributed by atoms with Crippen molar-refractivity contribution >= 4 is 17.3 Å². The van der Waals surface area contributed by atoms with Crippen LogP contribution in [0.2, 0.25) is 0 Å². The summed E-state index contributed by atoms with van der Waals surface area (Å²) in [7, 11) is 0. The van der Waals surface area contributed by atoms with E-state index in [1.807, 2.05) is 13.0 Å². The third-order valence-electron chi connectivity index (χ3n) is 3.45. The van der Waals surface area contributed by atoms with Crippen molar-refractivity contribution in [2.24, 2.45) is 0 Å². The minimum absolute atomic E-state index is 0.767. The van der Waals surface area contributed by atoms with Gasteiger partial charge >= 0.3 is 0 Å². The molecule has 0 aliphatic carbocycles. The first-order chi connectivity index (χ1) is 10.1. The Morgan fingerprint density at radius 1 is 0.952 bits per heavy atom. The lowest BCUT2D eigenvalue weighted by molar-refractivity contribution is 0.829. The Morgan fingerprint density at radius 2 is 1.71 bits per heavy atom. The van der Waals surface area contributed by atoms with E-state index in [2.05, 4.69) is 59.6 Å². The third-order valence-corrected chi connectivity index (χ3v) is 3.45. The normalized spacial score (nSPS) is 10.5. The molecule has 1 aromatic carbocycles. The average Bonchev–Trinajstić information content (AvgIpc) is 2.43. The molecule has 4 heteroatoms. The molecule has 0 atom stereocenters. The summed E-state index contributed by atoms with van der Waals surface area (Å²) in [5, 5.41) is 6.69. The van der Waals surface area contributed by atoms with Crippen LogP contribution in [0.4, 0.5) is 17.3 Å². The fraction of sp³-hybridized carbons (Fsp3) is 0.412.